The topological polar surface area (TPSA) is 71.7 Å². The minimum absolute atomic E-state index is 0.0977. The highest BCUT2D eigenvalue weighted by Crippen LogP contribution is 2.29. The van der Waals surface area contributed by atoms with Gasteiger partial charge in [0.05, 0.1) is 13.7 Å². The molecule has 5 nitrogen and oxygen atoms in total. The van der Waals surface area contributed by atoms with Gasteiger partial charge in [-0.1, -0.05) is 18.2 Å². The van der Waals surface area contributed by atoms with E-state index in [9.17, 15) is 9.90 Å². The van der Waals surface area contributed by atoms with E-state index in [4.69, 9.17) is 9.15 Å². The third-order valence-electron chi connectivity index (χ3n) is 3.60. The zero-order valence-electron chi connectivity index (χ0n) is 12.8. The first kappa shape index (κ1) is 15.6. The molecule has 2 heterocycles. The second-order valence-electron chi connectivity index (χ2n) is 5.42. The number of rotatable bonds is 5. The van der Waals surface area contributed by atoms with Gasteiger partial charge in [-0.2, -0.15) is 0 Å². The number of ether oxygens (including phenoxy) is 1. The summed E-state index contributed by atoms with van der Waals surface area (Å²) in [5.41, 5.74) is -0.585. The van der Waals surface area contributed by atoms with E-state index in [1.165, 1.54) is 11.3 Å². The number of furan rings is 1. The number of benzene rings is 1. The first-order valence-electron chi connectivity index (χ1n) is 7.12. The highest BCUT2D eigenvalue weighted by Gasteiger charge is 2.26. The molecule has 0 saturated heterocycles. The smallest absolute Gasteiger partial charge is 0.287 e. The van der Waals surface area contributed by atoms with Crippen molar-refractivity contribution in [1.82, 2.24) is 5.32 Å². The van der Waals surface area contributed by atoms with Gasteiger partial charge < -0.3 is 19.6 Å². The average molecular weight is 331 g/mol. The van der Waals surface area contributed by atoms with Crippen molar-refractivity contribution in [2.75, 3.05) is 13.7 Å². The molecule has 1 aromatic carbocycles. The maximum Gasteiger partial charge on any atom is 0.287 e. The van der Waals surface area contributed by atoms with Crippen LogP contribution in [-0.4, -0.2) is 24.7 Å². The van der Waals surface area contributed by atoms with Crippen LogP contribution in [0.3, 0.4) is 0 Å². The lowest BCUT2D eigenvalue weighted by molar-refractivity contribution is 0.0549. The summed E-state index contributed by atoms with van der Waals surface area (Å²) in [5.74, 6) is 0.388. The molecule has 2 N–H and O–H groups in total. The van der Waals surface area contributed by atoms with Crippen LogP contribution < -0.4 is 10.1 Å². The summed E-state index contributed by atoms with van der Waals surface area (Å²) in [4.78, 5) is 13.1. The molecule has 0 radical (unpaired) electrons. The van der Waals surface area contributed by atoms with E-state index in [1.54, 1.807) is 26.2 Å². The van der Waals surface area contributed by atoms with Gasteiger partial charge in [0.1, 0.15) is 5.60 Å². The highest BCUT2D eigenvalue weighted by molar-refractivity contribution is 7.10. The van der Waals surface area contributed by atoms with Gasteiger partial charge in [0.15, 0.2) is 17.1 Å². The number of amides is 1. The average Bonchev–Trinajstić information content (AvgIpc) is 3.21. The molecular weight excluding hydrogens is 314 g/mol. The van der Waals surface area contributed by atoms with Gasteiger partial charge in [0.25, 0.3) is 5.91 Å². The zero-order chi connectivity index (χ0) is 16.4. The summed E-state index contributed by atoms with van der Waals surface area (Å²) in [6, 6.07) is 10.8. The normalized spacial score (nSPS) is 13.7. The highest BCUT2D eigenvalue weighted by atomic mass is 32.1. The molecule has 0 aliphatic heterocycles. The largest absolute Gasteiger partial charge is 0.493 e. The van der Waals surface area contributed by atoms with Crippen LogP contribution in [0.4, 0.5) is 0 Å². The van der Waals surface area contributed by atoms with Crippen molar-refractivity contribution in [3.05, 3.63) is 52.4 Å². The number of thiophene rings is 1. The molecule has 0 spiro atoms. The van der Waals surface area contributed by atoms with Crippen molar-refractivity contribution in [3.63, 3.8) is 0 Å². The van der Waals surface area contributed by atoms with E-state index in [0.717, 1.165) is 10.3 Å². The maximum absolute atomic E-state index is 12.3. The van der Waals surface area contributed by atoms with Crippen molar-refractivity contribution < 1.29 is 19.1 Å². The van der Waals surface area contributed by atoms with E-state index >= 15 is 0 Å². The number of methoxy groups -OCH3 is 1. The molecule has 6 heteroatoms. The van der Waals surface area contributed by atoms with Crippen molar-refractivity contribution in [1.29, 1.82) is 0 Å². The fourth-order valence-electron chi connectivity index (χ4n) is 2.32. The van der Waals surface area contributed by atoms with Crippen LogP contribution in [0.25, 0.3) is 11.0 Å². The summed E-state index contributed by atoms with van der Waals surface area (Å²) in [5, 5.41) is 15.8. The van der Waals surface area contributed by atoms with Gasteiger partial charge in [-0.3, -0.25) is 4.79 Å². The van der Waals surface area contributed by atoms with Gasteiger partial charge in [0.2, 0.25) is 0 Å². The summed E-state index contributed by atoms with van der Waals surface area (Å²) < 4.78 is 10.8. The quantitative estimate of drug-likeness (QED) is 0.753. The van der Waals surface area contributed by atoms with Crippen LogP contribution >= 0.6 is 11.3 Å². The Kier molecular flexibility index (Phi) is 4.11. The summed E-state index contributed by atoms with van der Waals surface area (Å²) in [7, 11) is 1.55. The number of hydrogen-bond acceptors (Lipinski definition) is 5. The molecule has 3 rings (SSSR count). The molecule has 120 valence electrons. The molecular formula is C17H17NO4S. The van der Waals surface area contributed by atoms with Crippen molar-refractivity contribution in [3.8, 4) is 5.75 Å². The second kappa shape index (κ2) is 6.06. The van der Waals surface area contributed by atoms with E-state index in [-0.39, 0.29) is 18.2 Å². The molecule has 0 aliphatic rings. The lowest BCUT2D eigenvalue weighted by Crippen LogP contribution is -2.37. The SMILES string of the molecule is COc1cccc2cc(C(=O)NC[C@@](C)(O)c3cccs3)oc12. The van der Waals surface area contributed by atoms with Gasteiger partial charge >= 0.3 is 0 Å². The lowest BCUT2D eigenvalue weighted by atomic mass is 10.1. The molecule has 1 atom stereocenters. The third-order valence-corrected chi connectivity index (χ3v) is 4.72. The minimum atomic E-state index is -1.12. The second-order valence-corrected chi connectivity index (χ2v) is 6.37. The Labute approximate surface area is 137 Å². The summed E-state index contributed by atoms with van der Waals surface area (Å²) in [6.45, 7) is 1.77. The van der Waals surface area contributed by atoms with Crippen LogP contribution in [0.2, 0.25) is 0 Å². The van der Waals surface area contributed by atoms with Crippen LogP contribution in [0.1, 0.15) is 22.4 Å². The fraction of sp³-hybridized carbons (Fsp3) is 0.235. The third kappa shape index (κ3) is 3.09. The summed E-state index contributed by atoms with van der Waals surface area (Å²) in [6.07, 6.45) is 0. The van der Waals surface area contributed by atoms with Gasteiger partial charge in [-0.05, 0) is 30.5 Å². The molecule has 0 bridgehead atoms. The Hall–Kier alpha value is -2.31. The lowest BCUT2D eigenvalue weighted by Gasteiger charge is -2.21. The molecule has 0 unspecified atom stereocenters. The molecule has 2 aromatic heterocycles. The predicted molar refractivity (Wildman–Crippen MR) is 89.0 cm³/mol. The van der Waals surface area contributed by atoms with Crippen LogP contribution in [0.15, 0.2) is 46.2 Å². The minimum Gasteiger partial charge on any atom is -0.493 e. The molecule has 1 amide bonds. The van der Waals surface area contributed by atoms with Crippen molar-refractivity contribution >= 4 is 28.2 Å². The Morgan fingerprint density at radius 2 is 2.22 bits per heavy atom. The van der Waals surface area contributed by atoms with E-state index in [2.05, 4.69) is 5.32 Å². The van der Waals surface area contributed by atoms with Gasteiger partial charge in [-0.25, -0.2) is 0 Å². The van der Waals surface area contributed by atoms with Crippen molar-refractivity contribution in [2.24, 2.45) is 0 Å². The van der Waals surface area contributed by atoms with Gasteiger partial charge in [0, 0.05) is 10.3 Å². The first-order valence-corrected chi connectivity index (χ1v) is 8.00. The number of para-hydroxylation sites is 1. The number of aliphatic hydroxyl groups is 1. The van der Waals surface area contributed by atoms with Crippen LogP contribution in [-0.2, 0) is 5.60 Å². The summed E-state index contributed by atoms with van der Waals surface area (Å²) >= 11 is 1.44. The van der Waals surface area contributed by atoms with E-state index in [0.29, 0.717) is 11.3 Å². The monoisotopic (exact) mass is 331 g/mol. The Bertz CT molecular complexity index is 820. The number of carbonyl (C=O) groups is 1. The Morgan fingerprint density at radius 1 is 1.39 bits per heavy atom. The molecule has 3 aromatic rings. The standard InChI is InChI=1S/C17H17NO4S/c1-17(20,14-7-4-8-23-14)10-18-16(19)13-9-11-5-3-6-12(21-2)15(11)22-13/h3-9,20H,10H2,1-2H3,(H,18,19)/t17-/m1/s1. The molecule has 0 fully saturated rings. The predicted octanol–water partition coefficient (Wildman–Crippen LogP) is 3.14. The van der Waals surface area contributed by atoms with Crippen LogP contribution in [0, 0.1) is 0 Å². The molecule has 0 saturated carbocycles. The Balaban J connectivity index is 1.76. The number of nitrogens with one attached hydrogen (secondary N) is 1. The van der Waals surface area contributed by atoms with Crippen molar-refractivity contribution in [2.45, 2.75) is 12.5 Å². The maximum atomic E-state index is 12.3. The van der Waals surface area contributed by atoms with Crippen LogP contribution in [0.5, 0.6) is 5.75 Å². The number of hydrogen-bond donors (Lipinski definition) is 2. The zero-order valence-corrected chi connectivity index (χ0v) is 13.6. The fourth-order valence-corrected chi connectivity index (χ4v) is 3.11. The molecule has 0 aliphatic carbocycles. The number of carbonyl (C=O) groups excluding carboxylic acids is 1. The number of fused-ring (bicyclic) bond motifs is 1. The van der Waals surface area contributed by atoms with E-state index in [1.807, 2.05) is 29.6 Å². The van der Waals surface area contributed by atoms with Gasteiger partial charge in [-0.15, -0.1) is 11.3 Å². The molecule has 23 heavy (non-hydrogen) atoms. The Morgan fingerprint density at radius 3 is 2.91 bits per heavy atom. The first-order chi connectivity index (χ1) is 11.0. The van der Waals surface area contributed by atoms with E-state index < -0.39 is 5.60 Å².